The standard InChI is InChI=1S/C26H26N2O6S/c29-24(28-23-9-5-4-8-22(23)26(30)31)16-18-10-15-25(27-17-18)34-19-11-13-21(14-12-19)35(32,33)20-6-2-1-3-7-20/h4-5,8-15,17,20H,1-3,6-7,16H2,(H,28,29)(H,30,31). The maximum Gasteiger partial charge on any atom is 0.337 e. The van der Waals surface area contributed by atoms with E-state index in [9.17, 15) is 23.1 Å². The van der Waals surface area contributed by atoms with Gasteiger partial charge in [0, 0.05) is 12.3 Å². The van der Waals surface area contributed by atoms with Gasteiger partial charge in [0.2, 0.25) is 11.8 Å². The summed E-state index contributed by atoms with van der Waals surface area (Å²) in [6.45, 7) is 0. The number of nitrogens with one attached hydrogen (secondary N) is 1. The lowest BCUT2D eigenvalue weighted by molar-refractivity contribution is -0.115. The zero-order chi connectivity index (χ0) is 24.8. The number of pyridine rings is 1. The van der Waals surface area contributed by atoms with Crippen molar-refractivity contribution in [1.82, 2.24) is 4.98 Å². The van der Waals surface area contributed by atoms with Crippen LogP contribution in [0.5, 0.6) is 11.6 Å². The molecule has 1 fully saturated rings. The molecular formula is C26H26N2O6S. The Morgan fingerprint density at radius 2 is 1.69 bits per heavy atom. The minimum absolute atomic E-state index is 0.00889. The Kier molecular flexibility index (Phi) is 7.45. The number of para-hydroxylation sites is 1. The van der Waals surface area contributed by atoms with Gasteiger partial charge in [-0.25, -0.2) is 18.2 Å². The predicted molar refractivity (Wildman–Crippen MR) is 131 cm³/mol. The maximum atomic E-state index is 12.8. The Hall–Kier alpha value is -3.72. The third kappa shape index (κ3) is 6.05. The highest BCUT2D eigenvalue weighted by Gasteiger charge is 2.28. The molecule has 1 aliphatic carbocycles. The summed E-state index contributed by atoms with van der Waals surface area (Å²) < 4.78 is 31.4. The summed E-state index contributed by atoms with van der Waals surface area (Å²) in [5.41, 5.74) is 0.865. The summed E-state index contributed by atoms with van der Waals surface area (Å²) >= 11 is 0. The molecule has 0 saturated heterocycles. The first-order valence-electron chi connectivity index (χ1n) is 11.4. The number of aromatic carboxylic acids is 1. The van der Waals surface area contributed by atoms with E-state index < -0.39 is 15.8 Å². The second kappa shape index (κ2) is 10.7. The van der Waals surface area contributed by atoms with Crippen molar-refractivity contribution in [2.24, 2.45) is 0 Å². The highest BCUT2D eigenvalue weighted by atomic mass is 32.2. The smallest absolute Gasteiger partial charge is 0.337 e. The van der Waals surface area contributed by atoms with Gasteiger partial charge < -0.3 is 15.2 Å². The summed E-state index contributed by atoms with van der Waals surface area (Å²) in [5, 5.41) is 11.5. The molecule has 2 aromatic carbocycles. The van der Waals surface area contributed by atoms with Crippen LogP contribution in [0.15, 0.2) is 71.8 Å². The molecule has 0 aliphatic heterocycles. The Morgan fingerprint density at radius 3 is 2.34 bits per heavy atom. The van der Waals surface area contributed by atoms with E-state index in [1.165, 1.54) is 18.3 Å². The summed E-state index contributed by atoms with van der Waals surface area (Å²) in [6, 6.07) is 15.8. The van der Waals surface area contributed by atoms with Gasteiger partial charge in [-0.1, -0.05) is 37.5 Å². The lowest BCUT2D eigenvalue weighted by atomic mass is 10.0. The van der Waals surface area contributed by atoms with Gasteiger partial charge in [0.15, 0.2) is 9.84 Å². The van der Waals surface area contributed by atoms with Crippen molar-refractivity contribution in [2.45, 2.75) is 48.7 Å². The van der Waals surface area contributed by atoms with Crippen molar-refractivity contribution >= 4 is 27.4 Å². The van der Waals surface area contributed by atoms with Crippen LogP contribution >= 0.6 is 0 Å². The SMILES string of the molecule is O=C(Cc1ccc(Oc2ccc(S(=O)(=O)C3CCCCC3)cc2)nc1)Nc1ccccc1C(=O)O. The number of hydrogen-bond donors (Lipinski definition) is 2. The molecule has 35 heavy (non-hydrogen) atoms. The minimum Gasteiger partial charge on any atom is -0.478 e. The average Bonchev–Trinajstić information content (AvgIpc) is 2.86. The summed E-state index contributed by atoms with van der Waals surface area (Å²) in [6.07, 6.45) is 5.92. The average molecular weight is 495 g/mol. The molecule has 1 aromatic heterocycles. The Labute approximate surface area is 203 Å². The zero-order valence-electron chi connectivity index (χ0n) is 19.0. The largest absolute Gasteiger partial charge is 0.478 e. The Balaban J connectivity index is 1.35. The second-order valence-corrected chi connectivity index (χ2v) is 10.7. The number of hydrogen-bond acceptors (Lipinski definition) is 6. The van der Waals surface area contributed by atoms with Crippen LogP contribution in [-0.2, 0) is 21.1 Å². The number of ether oxygens (including phenoxy) is 1. The molecule has 2 N–H and O–H groups in total. The van der Waals surface area contributed by atoms with Gasteiger partial charge >= 0.3 is 5.97 Å². The van der Waals surface area contributed by atoms with Crippen LogP contribution in [0.3, 0.4) is 0 Å². The van der Waals surface area contributed by atoms with E-state index >= 15 is 0 Å². The molecule has 8 nitrogen and oxygen atoms in total. The molecule has 182 valence electrons. The van der Waals surface area contributed by atoms with Gasteiger partial charge in [-0.05, 0) is 54.8 Å². The molecule has 0 bridgehead atoms. The van der Waals surface area contributed by atoms with Gasteiger partial charge in [0.05, 0.1) is 27.8 Å². The molecule has 1 saturated carbocycles. The van der Waals surface area contributed by atoms with E-state index in [-0.39, 0.29) is 28.8 Å². The van der Waals surface area contributed by atoms with Gasteiger partial charge in [0.25, 0.3) is 0 Å². The first kappa shape index (κ1) is 24.4. The molecule has 9 heteroatoms. The number of carboxylic acid groups (broad SMARTS) is 1. The third-order valence-electron chi connectivity index (χ3n) is 5.96. The highest BCUT2D eigenvalue weighted by molar-refractivity contribution is 7.92. The van der Waals surface area contributed by atoms with Crippen LogP contribution in [0.2, 0.25) is 0 Å². The number of nitrogens with zero attached hydrogens (tertiary/aromatic N) is 1. The van der Waals surface area contributed by atoms with Crippen molar-refractivity contribution < 1.29 is 27.9 Å². The molecule has 0 radical (unpaired) electrons. The number of rotatable bonds is 8. The van der Waals surface area contributed by atoms with Crippen LogP contribution in [0, 0.1) is 0 Å². The lowest BCUT2D eigenvalue weighted by Gasteiger charge is -2.21. The fourth-order valence-electron chi connectivity index (χ4n) is 4.12. The van der Waals surface area contributed by atoms with Gasteiger partial charge in [-0.15, -0.1) is 0 Å². The number of benzene rings is 2. The van der Waals surface area contributed by atoms with Gasteiger partial charge in [-0.2, -0.15) is 0 Å². The summed E-state index contributed by atoms with van der Waals surface area (Å²) in [7, 11) is -3.34. The molecule has 1 heterocycles. The van der Waals surface area contributed by atoms with E-state index in [1.54, 1.807) is 48.5 Å². The van der Waals surface area contributed by atoms with Crippen molar-refractivity contribution in [3.8, 4) is 11.6 Å². The Morgan fingerprint density at radius 1 is 0.971 bits per heavy atom. The normalized spacial score (nSPS) is 14.3. The fourth-order valence-corrected chi connectivity index (χ4v) is 5.97. The van der Waals surface area contributed by atoms with Crippen LogP contribution in [0.1, 0.15) is 48.0 Å². The Bertz CT molecular complexity index is 1300. The quantitative estimate of drug-likeness (QED) is 0.458. The summed E-state index contributed by atoms with van der Waals surface area (Å²) in [4.78, 5) is 28.1. The van der Waals surface area contributed by atoms with E-state index in [4.69, 9.17) is 4.74 Å². The zero-order valence-corrected chi connectivity index (χ0v) is 19.8. The third-order valence-corrected chi connectivity index (χ3v) is 8.24. The number of aromatic nitrogens is 1. The number of carboxylic acids is 1. The van der Waals surface area contributed by atoms with Gasteiger partial charge in [-0.3, -0.25) is 4.79 Å². The first-order chi connectivity index (χ1) is 16.8. The molecule has 4 rings (SSSR count). The number of amides is 1. The first-order valence-corrected chi connectivity index (χ1v) is 13.0. The molecular weight excluding hydrogens is 468 g/mol. The van der Waals surface area contributed by atoms with Crippen LogP contribution in [-0.4, -0.2) is 35.6 Å². The maximum absolute atomic E-state index is 12.8. The van der Waals surface area contributed by atoms with Crippen LogP contribution in [0.25, 0.3) is 0 Å². The monoisotopic (exact) mass is 494 g/mol. The van der Waals surface area contributed by atoms with Gasteiger partial charge in [0.1, 0.15) is 5.75 Å². The molecule has 0 unspecified atom stereocenters. The molecule has 3 aromatic rings. The van der Waals surface area contributed by atoms with Crippen LogP contribution in [0.4, 0.5) is 5.69 Å². The van der Waals surface area contributed by atoms with Crippen molar-refractivity contribution in [3.63, 3.8) is 0 Å². The number of sulfone groups is 1. The number of anilines is 1. The second-order valence-electron chi connectivity index (χ2n) is 8.46. The predicted octanol–water partition coefficient (Wildman–Crippen LogP) is 4.86. The molecule has 0 atom stereocenters. The summed E-state index contributed by atoms with van der Waals surface area (Å²) in [5.74, 6) is -0.739. The lowest BCUT2D eigenvalue weighted by Crippen LogP contribution is -2.24. The topological polar surface area (TPSA) is 123 Å². The van der Waals surface area contributed by atoms with E-state index in [0.717, 1.165) is 19.3 Å². The van der Waals surface area contributed by atoms with Crippen molar-refractivity contribution in [1.29, 1.82) is 0 Å². The van der Waals surface area contributed by atoms with Crippen LogP contribution < -0.4 is 10.1 Å². The highest BCUT2D eigenvalue weighted by Crippen LogP contribution is 2.30. The van der Waals surface area contributed by atoms with Crippen molar-refractivity contribution in [3.05, 3.63) is 78.0 Å². The van der Waals surface area contributed by atoms with E-state index in [0.29, 0.717) is 34.9 Å². The number of carbonyl (C=O) groups excluding carboxylic acids is 1. The molecule has 1 amide bonds. The van der Waals surface area contributed by atoms with E-state index in [2.05, 4.69) is 10.3 Å². The van der Waals surface area contributed by atoms with Crippen molar-refractivity contribution in [2.75, 3.05) is 5.32 Å². The van der Waals surface area contributed by atoms with E-state index in [1.807, 2.05) is 0 Å². The fraction of sp³-hybridized carbons (Fsp3) is 0.269. The number of carbonyl (C=O) groups is 2. The molecule has 1 aliphatic rings. The molecule has 0 spiro atoms. The minimum atomic E-state index is -3.34.